The van der Waals surface area contributed by atoms with Gasteiger partial charge in [0.1, 0.15) is 11.3 Å². The highest BCUT2D eigenvalue weighted by Gasteiger charge is 2.55. The van der Waals surface area contributed by atoms with E-state index in [0.29, 0.717) is 22.7 Å². The van der Waals surface area contributed by atoms with E-state index in [2.05, 4.69) is 66.8 Å². The number of nitrogens with zero attached hydrogens (tertiary/aromatic N) is 4. The third-order valence-corrected chi connectivity index (χ3v) is 6.93. The lowest BCUT2D eigenvalue weighted by atomic mass is 9.62. The van der Waals surface area contributed by atoms with Crippen molar-refractivity contribution in [1.82, 2.24) is 19.7 Å². The number of rotatable bonds is 5. The van der Waals surface area contributed by atoms with Gasteiger partial charge in [-0.3, -0.25) is 9.67 Å². The van der Waals surface area contributed by atoms with E-state index in [-0.39, 0.29) is 5.41 Å². The summed E-state index contributed by atoms with van der Waals surface area (Å²) in [5, 5.41) is 27.4. The zero-order valence-corrected chi connectivity index (χ0v) is 20.9. The molecule has 2 aromatic heterocycles. The molecule has 3 aromatic rings. The summed E-state index contributed by atoms with van der Waals surface area (Å²) < 4.78 is 1.63. The van der Waals surface area contributed by atoms with Crippen LogP contribution in [0.25, 0.3) is 0 Å². The molecule has 2 N–H and O–H groups in total. The Hall–Kier alpha value is -2.98. The molecule has 0 radical (unpaired) electrons. The molecule has 6 nitrogen and oxygen atoms in total. The molecule has 0 spiro atoms. The Balaban J connectivity index is 1.75. The summed E-state index contributed by atoms with van der Waals surface area (Å²) in [7, 11) is 3.86. The summed E-state index contributed by atoms with van der Waals surface area (Å²) in [6.45, 7) is 9.59. The first kappa shape index (κ1) is 24.2. The normalized spacial score (nSPS) is 19.0. The summed E-state index contributed by atoms with van der Waals surface area (Å²) in [6.07, 6.45) is 5.15. The number of pyridine rings is 1. The van der Waals surface area contributed by atoms with E-state index in [1.807, 2.05) is 18.2 Å². The molecule has 0 bridgehead atoms. The first-order valence-corrected chi connectivity index (χ1v) is 11.7. The van der Waals surface area contributed by atoms with Crippen molar-refractivity contribution in [2.75, 3.05) is 20.1 Å². The highest BCUT2D eigenvalue weighted by molar-refractivity contribution is 5.45. The van der Waals surface area contributed by atoms with Gasteiger partial charge >= 0.3 is 0 Å². The molecule has 34 heavy (non-hydrogen) atoms. The van der Waals surface area contributed by atoms with Crippen LogP contribution in [0.5, 0.6) is 0 Å². The van der Waals surface area contributed by atoms with Crippen molar-refractivity contribution in [2.45, 2.75) is 44.8 Å². The van der Waals surface area contributed by atoms with E-state index in [0.717, 1.165) is 18.7 Å². The lowest BCUT2D eigenvalue weighted by Gasteiger charge is -2.55. The van der Waals surface area contributed by atoms with Gasteiger partial charge in [0, 0.05) is 55.3 Å². The fraction of sp³-hybridized carbons (Fsp3) is 0.429. The lowest BCUT2D eigenvalue weighted by molar-refractivity contribution is -0.127. The van der Waals surface area contributed by atoms with Crippen LogP contribution < -0.4 is 0 Å². The van der Waals surface area contributed by atoms with Crippen LogP contribution in [-0.4, -0.2) is 50.0 Å². The van der Waals surface area contributed by atoms with Gasteiger partial charge in [0.25, 0.3) is 0 Å². The van der Waals surface area contributed by atoms with Gasteiger partial charge in [-0.05, 0) is 43.1 Å². The fourth-order valence-electron chi connectivity index (χ4n) is 4.99. The van der Waals surface area contributed by atoms with Crippen LogP contribution in [0.4, 0.5) is 0 Å². The second-order valence-electron chi connectivity index (χ2n) is 10.4. The summed E-state index contributed by atoms with van der Waals surface area (Å²) in [6, 6.07) is 11.9. The molecule has 1 unspecified atom stereocenters. The molecule has 0 saturated carbocycles. The van der Waals surface area contributed by atoms with Crippen LogP contribution in [0.2, 0.25) is 0 Å². The van der Waals surface area contributed by atoms with Crippen LogP contribution in [0.15, 0.2) is 55.0 Å². The van der Waals surface area contributed by atoms with Crippen molar-refractivity contribution >= 4 is 0 Å². The number of aliphatic hydroxyl groups is 2. The Morgan fingerprint density at radius 2 is 1.71 bits per heavy atom. The summed E-state index contributed by atoms with van der Waals surface area (Å²) in [5.41, 5.74) is 0.877. The maximum atomic E-state index is 12.3. The predicted molar refractivity (Wildman–Crippen MR) is 133 cm³/mol. The Morgan fingerprint density at radius 3 is 2.26 bits per heavy atom. The van der Waals surface area contributed by atoms with Gasteiger partial charge in [0.15, 0.2) is 5.60 Å². The molecular weight excluding hydrogens is 424 g/mol. The highest BCUT2D eigenvalue weighted by atomic mass is 16.3. The van der Waals surface area contributed by atoms with E-state index < -0.39 is 11.2 Å². The van der Waals surface area contributed by atoms with E-state index in [1.165, 1.54) is 5.56 Å². The van der Waals surface area contributed by atoms with Crippen LogP contribution in [-0.2, 0) is 18.2 Å². The van der Waals surface area contributed by atoms with Gasteiger partial charge in [0.05, 0.1) is 0 Å². The van der Waals surface area contributed by atoms with Crippen molar-refractivity contribution in [3.63, 3.8) is 0 Å². The fourth-order valence-corrected chi connectivity index (χ4v) is 4.99. The third-order valence-electron chi connectivity index (χ3n) is 6.93. The molecule has 6 heteroatoms. The number of benzene rings is 1. The summed E-state index contributed by atoms with van der Waals surface area (Å²) >= 11 is 0. The van der Waals surface area contributed by atoms with E-state index in [9.17, 15) is 10.2 Å². The molecule has 1 aliphatic heterocycles. The standard InChI is InChI=1S/C28H34N4O2/c1-20(2)22-7-9-23(10-8-22)28(34,26(3)18-31(5)19-26)24-15-21(16-29-17-24)11-13-27(4,33)25-12-14-32(6)30-25/h7-10,12,14-17,20,33-34H,18-19H2,1-6H3/t27?,28-/m0/s1. The first-order chi connectivity index (χ1) is 15.9. The third kappa shape index (κ3) is 4.27. The molecule has 3 heterocycles. The number of hydrogen-bond acceptors (Lipinski definition) is 5. The predicted octanol–water partition coefficient (Wildman–Crippen LogP) is 3.39. The van der Waals surface area contributed by atoms with Crippen LogP contribution in [0.1, 0.15) is 61.6 Å². The van der Waals surface area contributed by atoms with Crippen LogP contribution in [0, 0.1) is 17.3 Å². The first-order valence-electron chi connectivity index (χ1n) is 11.7. The number of hydrogen-bond donors (Lipinski definition) is 2. The van der Waals surface area contributed by atoms with Gasteiger partial charge in [-0.1, -0.05) is 56.9 Å². The zero-order valence-electron chi connectivity index (χ0n) is 20.9. The lowest BCUT2D eigenvalue weighted by Crippen LogP contribution is -2.63. The van der Waals surface area contributed by atoms with E-state index in [4.69, 9.17) is 0 Å². The van der Waals surface area contributed by atoms with Crippen LogP contribution in [0.3, 0.4) is 0 Å². The summed E-state index contributed by atoms with van der Waals surface area (Å²) in [4.78, 5) is 6.62. The Kier molecular flexibility index (Phi) is 6.15. The molecule has 0 aliphatic carbocycles. The Morgan fingerprint density at radius 1 is 1.03 bits per heavy atom. The van der Waals surface area contributed by atoms with Gasteiger partial charge in [-0.2, -0.15) is 5.10 Å². The van der Waals surface area contributed by atoms with Crippen molar-refractivity contribution in [3.05, 3.63) is 82.9 Å². The molecular formula is C28H34N4O2. The van der Waals surface area contributed by atoms with E-state index in [1.54, 1.807) is 43.3 Å². The monoisotopic (exact) mass is 458 g/mol. The Bertz CT molecular complexity index is 1230. The Labute approximate surface area is 202 Å². The molecule has 4 rings (SSSR count). The number of likely N-dealkylation sites (tertiary alicyclic amines) is 1. The maximum absolute atomic E-state index is 12.3. The van der Waals surface area contributed by atoms with Gasteiger partial charge < -0.3 is 15.1 Å². The second kappa shape index (κ2) is 8.66. The van der Waals surface area contributed by atoms with Gasteiger partial charge in [0.2, 0.25) is 0 Å². The number of aryl methyl sites for hydroxylation is 1. The second-order valence-corrected chi connectivity index (χ2v) is 10.4. The average molecular weight is 459 g/mol. The number of aromatic nitrogens is 3. The topological polar surface area (TPSA) is 74.4 Å². The molecule has 1 fully saturated rings. The minimum atomic E-state index is -1.40. The molecule has 178 valence electrons. The largest absolute Gasteiger partial charge is 0.380 e. The summed E-state index contributed by atoms with van der Waals surface area (Å²) in [5.74, 6) is 6.38. The van der Waals surface area contributed by atoms with E-state index >= 15 is 0 Å². The van der Waals surface area contributed by atoms with Crippen LogP contribution >= 0.6 is 0 Å². The van der Waals surface area contributed by atoms with Crippen molar-refractivity contribution < 1.29 is 10.2 Å². The molecule has 0 amide bonds. The molecule has 1 aliphatic rings. The molecule has 2 atom stereocenters. The van der Waals surface area contributed by atoms with Crippen molar-refractivity contribution in [1.29, 1.82) is 0 Å². The maximum Gasteiger partial charge on any atom is 0.167 e. The minimum Gasteiger partial charge on any atom is -0.380 e. The quantitative estimate of drug-likeness (QED) is 0.574. The molecule has 1 saturated heterocycles. The van der Waals surface area contributed by atoms with Gasteiger partial charge in [-0.15, -0.1) is 0 Å². The van der Waals surface area contributed by atoms with Crippen molar-refractivity contribution in [2.24, 2.45) is 12.5 Å². The average Bonchev–Trinajstić information content (AvgIpc) is 3.24. The van der Waals surface area contributed by atoms with Crippen molar-refractivity contribution in [3.8, 4) is 11.8 Å². The SMILES string of the molecule is CC(C)c1ccc([C@](O)(c2cncc(C#CC(C)(O)c3ccn(C)n3)c2)C2(C)CN(C)C2)cc1. The minimum absolute atomic E-state index is 0.381. The molecule has 1 aromatic carbocycles. The zero-order chi connectivity index (χ0) is 24.7. The smallest absolute Gasteiger partial charge is 0.167 e. The van der Waals surface area contributed by atoms with Gasteiger partial charge in [-0.25, -0.2) is 0 Å². The highest BCUT2D eigenvalue weighted by Crippen LogP contribution is 2.50.